The van der Waals surface area contributed by atoms with Crippen molar-refractivity contribution >= 4 is 66.1 Å². The second-order valence-electron chi connectivity index (χ2n) is 6.71. The lowest BCUT2D eigenvalue weighted by Crippen LogP contribution is -2.20. The van der Waals surface area contributed by atoms with Gasteiger partial charge in [-0.3, -0.25) is 9.59 Å². The van der Waals surface area contributed by atoms with Gasteiger partial charge in [0.2, 0.25) is 0 Å². The van der Waals surface area contributed by atoms with Crippen LogP contribution in [-0.4, -0.2) is 11.8 Å². The molecule has 0 unspecified atom stereocenters. The summed E-state index contributed by atoms with van der Waals surface area (Å²) >= 11 is 3.15. The third-order valence-electron chi connectivity index (χ3n) is 5.03. The number of hydrogen-bond donors (Lipinski definition) is 2. The summed E-state index contributed by atoms with van der Waals surface area (Å²) in [6, 6.07) is 20.1. The first-order valence-corrected chi connectivity index (χ1v) is 10.4. The number of hydrogen-bond acceptors (Lipinski definition) is 4. The molecule has 0 aliphatic carbocycles. The summed E-state index contributed by atoms with van der Waals surface area (Å²) in [6.07, 6.45) is 0. The number of carbonyl (C=O) groups is 2. The molecular formula is C22H12N2O2S2. The molecule has 28 heavy (non-hydrogen) atoms. The first-order valence-electron chi connectivity index (χ1n) is 8.78. The minimum absolute atomic E-state index is 0.228. The van der Waals surface area contributed by atoms with Gasteiger partial charge in [-0.25, -0.2) is 0 Å². The molecule has 6 heteroatoms. The molecule has 0 fully saturated rings. The summed E-state index contributed by atoms with van der Waals surface area (Å²) in [5.74, 6) is -0.457. The topological polar surface area (TPSA) is 58.2 Å². The van der Waals surface area contributed by atoms with Gasteiger partial charge in [0.05, 0.1) is 32.3 Å². The maximum Gasteiger partial charge on any atom is 0.258 e. The molecule has 2 N–H and O–H groups in total. The molecule has 2 aromatic carbocycles. The zero-order valence-electron chi connectivity index (χ0n) is 14.4. The number of rotatable bonds is 2. The van der Waals surface area contributed by atoms with E-state index in [1.165, 1.54) is 0 Å². The molecule has 0 atom stereocenters. The second-order valence-corrected chi connectivity index (χ2v) is 8.87. The van der Waals surface area contributed by atoms with Crippen molar-refractivity contribution < 1.29 is 9.59 Å². The van der Waals surface area contributed by atoms with E-state index in [2.05, 4.69) is 10.6 Å². The lowest BCUT2D eigenvalue weighted by atomic mass is 10.1. The highest BCUT2D eigenvalue weighted by molar-refractivity contribution is 7.20. The lowest BCUT2D eigenvalue weighted by Gasteiger charge is -2.03. The van der Waals surface area contributed by atoms with Crippen molar-refractivity contribution in [2.45, 2.75) is 0 Å². The number of fused-ring (bicyclic) bond motifs is 3. The predicted octanol–water partition coefficient (Wildman–Crippen LogP) is 4.50. The number of nitrogens with one attached hydrogen (secondary N) is 2. The molecule has 4 nitrogen and oxygen atoms in total. The van der Waals surface area contributed by atoms with Gasteiger partial charge in [-0.15, -0.1) is 22.7 Å². The quantitative estimate of drug-likeness (QED) is 0.521. The lowest BCUT2D eigenvalue weighted by molar-refractivity contribution is -0.117. The number of carbonyl (C=O) groups excluding carboxylic acids is 2. The van der Waals surface area contributed by atoms with Crippen molar-refractivity contribution in [3.8, 4) is 0 Å². The van der Waals surface area contributed by atoms with Gasteiger partial charge in [0.25, 0.3) is 11.8 Å². The van der Waals surface area contributed by atoms with Gasteiger partial charge in [-0.2, -0.15) is 0 Å². The van der Waals surface area contributed by atoms with Crippen LogP contribution in [0.4, 0.5) is 0 Å². The van der Waals surface area contributed by atoms with Crippen molar-refractivity contribution in [2.75, 3.05) is 0 Å². The molecule has 6 rings (SSSR count). The molecule has 2 amide bonds. The van der Waals surface area contributed by atoms with E-state index in [9.17, 15) is 9.59 Å². The third-order valence-corrected chi connectivity index (χ3v) is 7.29. The highest BCUT2D eigenvalue weighted by atomic mass is 32.1. The van der Waals surface area contributed by atoms with Crippen molar-refractivity contribution in [2.24, 2.45) is 0 Å². The molecule has 4 aromatic rings. The van der Waals surface area contributed by atoms with Gasteiger partial charge in [-0.1, -0.05) is 36.4 Å². The Kier molecular flexibility index (Phi) is 3.18. The number of thiophene rings is 2. The van der Waals surface area contributed by atoms with E-state index < -0.39 is 0 Å². The van der Waals surface area contributed by atoms with Gasteiger partial charge >= 0.3 is 0 Å². The molecule has 2 aliphatic rings. The van der Waals surface area contributed by atoms with Crippen LogP contribution < -0.4 is 10.6 Å². The molecule has 0 spiro atoms. The molecule has 134 valence electrons. The fraction of sp³-hybridized carbons (Fsp3) is 0. The maximum absolute atomic E-state index is 12.8. The van der Waals surface area contributed by atoms with Crippen LogP contribution in [0.2, 0.25) is 0 Å². The third kappa shape index (κ3) is 2.16. The Morgan fingerprint density at radius 3 is 1.46 bits per heavy atom. The van der Waals surface area contributed by atoms with Crippen LogP contribution in [0, 0.1) is 0 Å². The molecule has 2 aromatic heterocycles. The smallest absolute Gasteiger partial charge is 0.258 e. The van der Waals surface area contributed by atoms with E-state index >= 15 is 0 Å². The monoisotopic (exact) mass is 400 g/mol. The van der Waals surface area contributed by atoms with E-state index in [0.717, 1.165) is 29.9 Å². The molecule has 0 bridgehead atoms. The van der Waals surface area contributed by atoms with E-state index in [4.69, 9.17) is 0 Å². The minimum atomic E-state index is -0.228. The maximum atomic E-state index is 12.8. The van der Waals surface area contributed by atoms with Crippen LogP contribution in [0.5, 0.6) is 0 Å². The van der Waals surface area contributed by atoms with E-state index in [1.807, 2.05) is 60.7 Å². The molecule has 0 saturated heterocycles. The van der Waals surface area contributed by atoms with Crippen LogP contribution in [0.15, 0.2) is 71.8 Å². The SMILES string of the molecule is O=C1NC(c2cc3ccccc3s2)=C2C(=O)NC(c3cc4ccccc4s3)=C12. The van der Waals surface area contributed by atoms with Gasteiger partial charge < -0.3 is 10.6 Å². The van der Waals surface area contributed by atoms with Crippen LogP contribution in [0.25, 0.3) is 31.6 Å². The summed E-state index contributed by atoms with van der Waals surface area (Å²) in [4.78, 5) is 27.4. The van der Waals surface area contributed by atoms with E-state index in [0.29, 0.717) is 22.5 Å². The molecular weight excluding hydrogens is 388 g/mol. The van der Waals surface area contributed by atoms with Crippen molar-refractivity contribution in [1.29, 1.82) is 0 Å². The summed E-state index contributed by atoms with van der Waals surface area (Å²) in [6.45, 7) is 0. The van der Waals surface area contributed by atoms with E-state index in [-0.39, 0.29) is 11.8 Å². The van der Waals surface area contributed by atoms with Crippen LogP contribution in [0.3, 0.4) is 0 Å². The average Bonchev–Trinajstić information content (AvgIpc) is 3.44. The Balaban J connectivity index is 1.56. The molecule has 4 heterocycles. The highest BCUT2D eigenvalue weighted by Crippen LogP contribution is 2.42. The van der Waals surface area contributed by atoms with Crippen LogP contribution >= 0.6 is 22.7 Å². The first kappa shape index (κ1) is 15.8. The summed E-state index contributed by atoms with van der Waals surface area (Å²) in [5.41, 5.74) is 2.11. The average molecular weight is 400 g/mol. The van der Waals surface area contributed by atoms with Gasteiger partial charge in [0.1, 0.15) is 0 Å². The van der Waals surface area contributed by atoms with Crippen molar-refractivity contribution in [3.05, 3.63) is 81.6 Å². The predicted molar refractivity (Wildman–Crippen MR) is 114 cm³/mol. The summed E-state index contributed by atoms with van der Waals surface area (Å²) < 4.78 is 2.25. The molecule has 0 radical (unpaired) electrons. The standard InChI is InChI=1S/C22H12N2O2S2/c25-21-17-18(20(24-21)16-10-12-6-2-4-8-14(12)28-16)22(26)23-19(17)15-9-11-5-1-3-7-13(11)27-15/h1-10H,(H,23,26)(H,24,25). The zero-order chi connectivity index (χ0) is 18.8. The van der Waals surface area contributed by atoms with E-state index in [1.54, 1.807) is 22.7 Å². The normalized spacial score (nSPS) is 16.3. The van der Waals surface area contributed by atoms with Gasteiger partial charge in [0.15, 0.2) is 0 Å². The Hall–Kier alpha value is -3.22. The Morgan fingerprint density at radius 1 is 0.607 bits per heavy atom. The fourth-order valence-electron chi connectivity index (χ4n) is 3.76. The molecule has 0 saturated carbocycles. The second kappa shape index (κ2) is 5.64. The summed E-state index contributed by atoms with van der Waals surface area (Å²) in [7, 11) is 0. The number of benzene rings is 2. The highest BCUT2D eigenvalue weighted by Gasteiger charge is 2.41. The van der Waals surface area contributed by atoms with Gasteiger partial charge in [-0.05, 0) is 35.0 Å². The Morgan fingerprint density at radius 2 is 1.04 bits per heavy atom. The minimum Gasteiger partial charge on any atom is -0.320 e. The fourth-order valence-corrected chi connectivity index (χ4v) is 5.90. The zero-order valence-corrected chi connectivity index (χ0v) is 16.0. The molecule has 2 aliphatic heterocycles. The van der Waals surface area contributed by atoms with Crippen LogP contribution in [-0.2, 0) is 9.59 Å². The van der Waals surface area contributed by atoms with Gasteiger partial charge in [0, 0.05) is 9.40 Å². The first-order chi connectivity index (χ1) is 13.7. The summed E-state index contributed by atoms with van der Waals surface area (Å²) in [5, 5.41) is 8.07. The largest absolute Gasteiger partial charge is 0.320 e. The number of amides is 2. The van der Waals surface area contributed by atoms with Crippen molar-refractivity contribution in [1.82, 2.24) is 10.6 Å². The Labute approximate surface area is 167 Å². The Bertz CT molecular complexity index is 1230. The van der Waals surface area contributed by atoms with Crippen molar-refractivity contribution in [3.63, 3.8) is 0 Å². The van der Waals surface area contributed by atoms with Crippen LogP contribution in [0.1, 0.15) is 9.75 Å².